The van der Waals surface area contributed by atoms with E-state index in [0.29, 0.717) is 28.4 Å². The molecule has 8 heteroatoms. The summed E-state index contributed by atoms with van der Waals surface area (Å²) in [4.78, 5) is 11.3. The number of sulfonamides is 1. The van der Waals surface area contributed by atoms with Gasteiger partial charge in [0.05, 0.1) is 31.3 Å². The van der Waals surface area contributed by atoms with E-state index < -0.39 is 10.0 Å². The van der Waals surface area contributed by atoms with Crippen molar-refractivity contribution in [2.24, 2.45) is 0 Å². The van der Waals surface area contributed by atoms with Crippen LogP contribution in [0, 0.1) is 0 Å². The van der Waals surface area contributed by atoms with Gasteiger partial charge in [-0.3, -0.25) is 9.10 Å². The summed E-state index contributed by atoms with van der Waals surface area (Å²) in [6.07, 6.45) is 0. The minimum absolute atomic E-state index is 0.0767. The van der Waals surface area contributed by atoms with E-state index in [1.165, 1.54) is 23.4 Å². The summed E-state index contributed by atoms with van der Waals surface area (Å²) in [5.74, 6) is 0.910. The highest BCUT2D eigenvalue weighted by Crippen LogP contribution is 2.29. The normalized spacial score (nSPS) is 10.9. The van der Waals surface area contributed by atoms with Crippen molar-refractivity contribution in [1.29, 1.82) is 0 Å². The molecular formula is C23H24N2O5S. The Morgan fingerprint density at radius 3 is 2.00 bits per heavy atom. The summed E-state index contributed by atoms with van der Waals surface area (Å²) in [5.41, 5.74) is 1.75. The van der Waals surface area contributed by atoms with E-state index in [4.69, 9.17) is 9.47 Å². The second-order valence-corrected chi connectivity index (χ2v) is 8.64. The van der Waals surface area contributed by atoms with Crippen molar-refractivity contribution in [2.75, 3.05) is 23.8 Å². The van der Waals surface area contributed by atoms with Gasteiger partial charge in [-0.15, -0.1) is 0 Å². The van der Waals surface area contributed by atoms with Gasteiger partial charge in [-0.05, 0) is 54.1 Å². The van der Waals surface area contributed by atoms with E-state index in [1.807, 2.05) is 6.07 Å². The first-order chi connectivity index (χ1) is 14.8. The molecule has 0 heterocycles. The molecule has 1 N–H and O–H groups in total. The SMILES string of the molecule is COc1cc(CN(c2ccccc2)S(=O)(=O)c2ccc(NC(C)=O)cc2)cc(OC)c1. The van der Waals surface area contributed by atoms with Crippen LogP contribution in [0.5, 0.6) is 11.5 Å². The van der Waals surface area contributed by atoms with Crippen LogP contribution in [-0.2, 0) is 21.4 Å². The van der Waals surface area contributed by atoms with Gasteiger partial charge in [0.15, 0.2) is 0 Å². The summed E-state index contributed by atoms with van der Waals surface area (Å²) < 4.78 is 39.1. The van der Waals surface area contributed by atoms with Gasteiger partial charge in [0, 0.05) is 18.7 Å². The standard InChI is InChI=1S/C23H24N2O5S/c1-17(26)24-19-9-11-23(12-10-19)31(27,28)25(20-7-5-4-6-8-20)16-18-13-21(29-2)15-22(14-18)30-3/h4-15H,16H2,1-3H3,(H,24,26). The quantitative estimate of drug-likeness (QED) is 0.571. The molecule has 1 amide bonds. The van der Waals surface area contributed by atoms with Crippen LogP contribution < -0.4 is 19.1 Å². The van der Waals surface area contributed by atoms with Gasteiger partial charge in [0.25, 0.3) is 10.0 Å². The molecule has 0 saturated heterocycles. The molecule has 0 aliphatic carbocycles. The fourth-order valence-electron chi connectivity index (χ4n) is 3.07. The summed E-state index contributed by atoms with van der Waals surface area (Å²) in [7, 11) is -0.813. The van der Waals surface area contributed by atoms with Crippen LogP contribution in [0.15, 0.2) is 77.7 Å². The number of nitrogens with zero attached hydrogens (tertiary/aromatic N) is 1. The number of benzene rings is 3. The zero-order valence-corrected chi connectivity index (χ0v) is 18.3. The van der Waals surface area contributed by atoms with Gasteiger partial charge in [-0.2, -0.15) is 0 Å². The molecule has 0 radical (unpaired) electrons. The maximum atomic E-state index is 13.6. The Hall–Kier alpha value is -3.52. The maximum Gasteiger partial charge on any atom is 0.264 e. The lowest BCUT2D eigenvalue weighted by Crippen LogP contribution is -2.30. The Bertz CT molecular complexity index is 1120. The van der Waals surface area contributed by atoms with E-state index in [2.05, 4.69) is 5.32 Å². The van der Waals surface area contributed by atoms with Crippen LogP contribution in [0.3, 0.4) is 0 Å². The molecule has 3 aromatic carbocycles. The number of carbonyl (C=O) groups is 1. The van der Waals surface area contributed by atoms with Crippen molar-refractivity contribution in [1.82, 2.24) is 0 Å². The highest BCUT2D eigenvalue weighted by Gasteiger charge is 2.25. The molecule has 0 saturated carbocycles. The minimum Gasteiger partial charge on any atom is -0.497 e. The first-order valence-electron chi connectivity index (χ1n) is 9.51. The van der Waals surface area contributed by atoms with Gasteiger partial charge >= 0.3 is 0 Å². The van der Waals surface area contributed by atoms with Gasteiger partial charge in [-0.1, -0.05) is 18.2 Å². The monoisotopic (exact) mass is 440 g/mol. The third-order valence-electron chi connectivity index (χ3n) is 4.54. The lowest BCUT2D eigenvalue weighted by molar-refractivity contribution is -0.114. The van der Waals surface area contributed by atoms with Crippen molar-refractivity contribution in [3.8, 4) is 11.5 Å². The summed E-state index contributed by atoms with van der Waals surface area (Å²) in [6.45, 7) is 1.47. The minimum atomic E-state index is -3.90. The molecule has 3 rings (SSSR count). The van der Waals surface area contributed by atoms with Crippen LogP contribution in [0.1, 0.15) is 12.5 Å². The highest BCUT2D eigenvalue weighted by atomic mass is 32.2. The van der Waals surface area contributed by atoms with Crippen molar-refractivity contribution in [3.05, 3.63) is 78.4 Å². The van der Waals surface area contributed by atoms with Gasteiger partial charge in [-0.25, -0.2) is 8.42 Å². The third kappa shape index (κ3) is 5.35. The smallest absolute Gasteiger partial charge is 0.264 e. The zero-order valence-electron chi connectivity index (χ0n) is 17.5. The number of nitrogens with one attached hydrogen (secondary N) is 1. The Labute approximate surface area is 182 Å². The molecule has 0 fully saturated rings. The van der Waals surface area contributed by atoms with Crippen molar-refractivity contribution in [2.45, 2.75) is 18.4 Å². The Morgan fingerprint density at radius 1 is 0.903 bits per heavy atom. The Morgan fingerprint density at radius 2 is 1.48 bits per heavy atom. The molecule has 0 aliphatic rings. The lowest BCUT2D eigenvalue weighted by atomic mass is 10.2. The van der Waals surface area contributed by atoms with Gasteiger partial charge in [0.1, 0.15) is 11.5 Å². The van der Waals surface area contributed by atoms with Crippen LogP contribution in [0.25, 0.3) is 0 Å². The third-order valence-corrected chi connectivity index (χ3v) is 6.33. The molecular weight excluding hydrogens is 416 g/mol. The van der Waals surface area contributed by atoms with Crippen molar-refractivity contribution >= 4 is 27.3 Å². The maximum absolute atomic E-state index is 13.6. The summed E-state index contributed by atoms with van der Waals surface area (Å²) >= 11 is 0. The molecule has 162 valence electrons. The number of amides is 1. The first-order valence-corrected chi connectivity index (χ1v) is 10.9. The Kier molecular flexibility index (Phi) is 6.81. The molecule has 3 aromatic rings. The van der Waals surface area contributed by atoms with Crippen LogP contribution in [-0.4, -0.2) is 28.5 Å². The topological polar surface area (TPSA) is 84.9 Å². The second-order valence-electron chi connectivity index (χ2n) is 6.77. The molecule has 0 bridgehead atoms. The summed E-state index contributed by atoms with van der Waals surface area (Å²) in [6, 6.07) is 20.2. The van der Waals surface area contributed by atoms with Crippen molar-refractivity contribution in [3.63, 3.8) is 0 Å². The van der Waals surface area contributed by atoms with Gasteiger partial charge < -0.3 is 14.8 Å². The zero-order chi connectivity index (χ0) is 22.4. The number of anilines is 2. The number of methoxy groups -OCH3 is 2. The molecule has 31 heavy (non-hydrogen) atoms. The number of rotatable bonds is 8. The lowest BCUT2D eigenvalue weighted by Gasteiger charge is -2.25. The fourth-order valence-corrected chi connectivity index (χ4v) is 4.53. The molecule has 7 nitrogen and oxygen atoms in total. The van der Waals surface area contributed by atoms with E-state index in [1.54, 1.807) is 68.8 Å². The molecule has 0 spiro atoms. The number of carbonyl (C=O) groups excluding carboxylic acids is 1. The Balaban J connectivity index is 2.02. The second kappa shape index (κ2) is 9.53. The fraction of sp³-hybridized carbons (Fsp3) is 0.174. The number of para-hydroxylation sites is 1. The number of hydrogen-bond acceptors (Lipinski definition) is 5. The molecule has 0 aliphatic heterocycles. The van der Waals surface area contributed by atoms with E-state index >= 15 is 0 Å². The number of ether oxygens (including phenoxy) is 2. The highest BCUT2D eigenvalue weighted by molar-refractivity contribution is 7.92. The van der Waals surface area contributed by atoms with Gasteiger partial charge in [0.2, 0.25) is 5.91 Å². The van der Waals surface area contributed by atoms with Crippen LogP contribution >= 0.6 is 0 Å². The van der Waals surface area contributed by atoms with Crippen molar-refractivity contribution < 1.29 is 22.7 Å². The summed E-state index contributed by atoms with van der Waals surface area (Å²) in [5, 5.41) is 2.63. The average Bonchev–Trinajstić information content (AvgIpc) is 2.77. The molecule has 0 unspecified atom stereocenters. The van der Waals surface area contributed by atoms with E-state index in [0.717, 1.165) is 0 Å². The predicted octanol–water partition coefficient (Wildman–Crippen LogP) is 4.06. The average molecular weight is 441 g/mol. The largest absolute Gasteiger partial charge is 0.497 e. The molecule has 0 aromatic heterocycles. The van der Waals surface area contributed by atoms with E-state index in [-0.39, 0.29) is 17.3 Å². The predicted molar refractivity (Wildman–Crippen MR) is 120 cm³/mol. The number of hydrogen-bond donors (Lipinski definition) is 1. The van der Waals surface area contributed by atoms with Crippen LogP contribution in [0.2, 0.25) is 0 Å². The van der Waals surface area contributed by atoms with Crippen LogP contribution in [0.4, 0.5) is 11.4 Å². The van der Waals surface area contributed by atoms with E-state index in [9.17, 15) is 13.2 Å². The first kappa shape index (κ1) is 22.2. The molecule has 0 atom stereocenters.